The minimum atomic E-state index is -1.35. The van der Waals surface area contributed by atoms with Gasteiger partial charge in [0.25, 0.3) is 0 Å². The Morgan fingerprint density at radius 2 is 2.18 bits per heavy atom. The number of aromatic amines is 1. The number of nitrogens with two attached hydrogens (primary N) is 1. The van der Waals surface area contributed by atoms with Gasteiger partial charge in [-0.3, -0.25) is 4.98 Å². The average molecular weight is 156 g/mol. The smallest absolute Gasteiger partial charge is 0.372 e. The quantitative estimate of drug-likeness (QED) is 0.452. The lowest BCUT2D eigenvalue weighted by Gasteiger charge is -1.92. The highest BCUT2D eigenvalue weighted by Crippen LogP contribution is 1.86. The Hall–Kier alpha value is -1.92. The van der Waals surface area contributed by atoms with Gasteiger partial charge in [0.15, 0.2) is 0 Å². The summed E-state index contributed by atoms with van der Waals surface area (Å²) in [5, 5.41) is 8.32. The van der Waals surface area contributed by atoms with E-state index >= 15 is 0 Å². The monoisotopic (exact) mass is 156 g/mol. The molecule has 1 rings (SSSR count). The molecular formula is C4H4N4O3. The Bertz CT molecular complexity index is 343. The summed E-state index contributed by atoms with van der Waals surface area (Å²) in [7, 11) is 0. The van der Waals surface area contributed by atoms with Crippen LogP contribution in [0, 0.1) is 0 Å². The van der Waals surface area contributed by atoms with Gasteiger partial charge in [-0.15, -0.1) is 0 Å². The number of nitrogens with zero attached hydrogens (tertiary/aromatic N) is 2. The molecule has 0 fully saturated rings. The molecule has 0 saturated carbocycles. The van der Waals surface area contributed by atoms with E-state index in [1.807, 2.05) is 4.98 Å². The lowest BCUT2D eigenvalue weighted by molar-refractivity contribution is 0.0683. The summed E-state index contributed by atoms with van der Waals surface area (Å²) in [6.45, 7) is 0. The van der Waals surface area contributed by atoms with E-state index in [9.17, 15) is 9.59 Å². The Morgan fingerprint density at radius 1 is 1.55 bits per heavy atom. The molecule has 0 radical (unpaired) electrons. The molecule has 0 atom stereocenters. The molecule has 1 aromatic heterocycles. The lowest BCUT2D eigenvalue weighted by Crippen LogP contribution is -2.20. The summed E-state index contributed by atoms with van der Waals surface area (Å²) in [6.07, 6.45) is 0. The first kappa shape index (κ1) is 7.19. The Kier molecular flexibility index (Phi) is 1.55. The topological polar surface area (TPSA) is 122 Å². The molecule has 0 saturated heterocycles. The van der Waals surface area contributed by atoms with Crippen LogP contribution in [0.15, 0.2) is 4.79 Å². The summed E-state index contributed by atoms with van der Waals surface area (Å²) < 4.78 is 0. The van der Waals surface area contributed by atoms with Crippen molar-refractivity contribution >= 4 is 11.9 Å². The van der Waals surface area contributed by atoms with Crippen LogP contribution in [-0.2, 0) is 0 Å². The van der Waals surface area contributed by atoms with Gasteiger partial charge in [-0.05, 0) is 0 Å². The second-order valence-electron chi connectivity index (χ2n) is 1.67. The Morgan fingerprint density at radius 3 is 2.64 bits per heavy atom. The third-order valence-corrected chi connectivity index (χ3v) is 0.870. The number of aromatic nitrogens is 3. The summed E-state index contributed by atoms with van der Waals surface area (Å²) in [6, 6.07) is 0. The van der Waals surface area contributed by atoms with Crippen LogP contribution in [0.2, 0.25) is 0 Å². The van der Waals surface area contributed by atoms with Crippen molar-refractivity contribution < 1.29 is 9.90 Å². The summed E-state index contributed by atoms with van der Waals surface area (Å²) >= 11 is 0. The van der Waals surface area contributed by atoms with E-state index in [4.69, 9.17) is 10.8 Å². The number of rotatable bonds is 1. The van der Waals surface area contributed by atoms with Crippen LogP contribution in [0.3, 0.4) is 0 Å². The predicted octanol–water partition coefficient (Wildman–Crippen LogP) is -1.55. The van der Waals surface area contributed by atoms with Gasteiger partial charge in [-0.2, -0.15) is 9.97 Å². The number of carbonyl (C=O) groups is 1. The average Bonchev–Trinajstić information content (AvgIpc) is 1.85. The highest BCUT2D eigenvalue weighted by atomic mass is 16.4. The molecule has 4 N–H and O–H groups in total. The normalized spacial score (nSPS) is 9.45. The Balaban J connectivity index is 3.30. The molecule has 0 bridgehead atoms. The van der Waals surface area contributed by atoms with Crippen molar-refractivity contribution in [1.29, 1.82) is 0 Å². The Labute approximate surface area is 59.9 Å². The lowest BCUT2D eigenvalue weighted by atomic mass is 10.6. The minimum absolute atomic E-state index is 0.355. The number of carboxylic acids is 1. The first-order valence-electron chi connectivity index (χ1n) is 2.56. The minimum Gasteiger partial charge on any atom is -0.475 e. The first-order chi connectivity index (χ1) is 5.09. The fraction of sp³-hybridized carbons (Fsp3) is 0. The van der Waals surface area contributed by atoms with Gasteiger partial charge in [0.1, 0.15) is 0 Å². The molecule has 0 unspecified atom stereocenters. The number of hydrogen-bond acceptors (Lipinski definition) is 5. The maximum Gasteiger partial charge on any atom is 0.372 e. The molecule has 58 valence electrons. The van der Waals surface area contributed by atoms with Crippen molar-refractivity contribution in [3.05, 3.63) is 16.3 Å². The molecule has 0 aromatic carbocycles. The van der Waals surface area contributed by atoms with Crippen molar-refractivity contribution in [3.8, 4) is 0 Å². The molecule has 1 heterocycles. The number of H-pyrrole nitrogens is 1. The number of hydrogen-bond donors (Lipinski definition) is 3. The van der Waals surface area contributed by atoms with Crippen LogP contribution >= 0.6 is 0 Å². The molecule has 7 heteroatoms. The highest BCUT2D eigenvalue weighted by molar-refractivity contribution is 5.83. The van der Waals surface area contributed by atoms with Crippen LogP contribution in [0.5, 0.6) is 0 Å². The van der Waals surface area contributed by atoms with Crippen LogP contribution in [-0.4, -0.2) is 26.0 Å². The molecule has 1 aromatic rings. The van der Waals surface area contributed by atoms with Gasteiger partial charge in [-0.1, -0.05) is 0 Å². The second kappa shape index (κ2) is 2.37. The van der Waals surface area contributed by atoms with E-state index in [0.29, 0.717) is 0 Å². The standard InChI is InChI=1S/C4H4N4O3/c5-3-6-1(2(9)10)7-4(11)8-3/h(H,9,10)(H3,5,6,7,8,11). The second-order valence-corrected chi connectivity index (χ2v) is 1.67. The first-order valence-corrected chi connectivity index (χ1v) is 2.56. The molecule has 0 aliphatic rings. The number of nitrogens with one attached hydrogen (secondary N) is 1. The maximum absolute atomic E-state index is 10.5. The molecule has 0 aliphatic heterocycles. The van der Waals surface area contributed by atoms with Gasteiger partial charge in [0, 0.05) is 0 Å². The maximum atomic E-state index is 10.5. The molecule has 11 heavy (non-hydrogen) atoms. The summed E-state index contributed by atoms with van der Waals surface area (Å²) in [5.41, 5.74) is 4.17. The zero-order valence-electron chi connectivity index (χ0n) is 5.24. The zero-order chi connectivity index (χ0) is 8.43. The fourth-order valence-electron chi connectivity index (χ4n) is 0.502. The fourth-order valence-corrected chi connectivity index (χ4v) is 0.502. The molecule has 0 aliphatic carbocycles. The molecule has 0 amide bonds. The SMILES string of the molecule is Nc1nc(C(=O)O)[nH]c(=O)n1. The molecular weight excluding hydrogens is 152 g/mol. The third kappa shape index (κ3) is 1.51. The van der Waals surface area contributed by atoms with Crippen LogP contribution in [0.25, 0.3) is 0 Å². The number of anilines is 1. The van der Waals surface area contributed by atoms with E-state index in [0.717, 1.165) is 0 Å². The molecule has 7 nitrogen and oxygen atoms in total. The van der Waals surface area contributed by atoms with Crippen molar-refractivity contribution in [1.82, 2.24) is 15.0 Å². The van der Waals surface area contributed by atoms with Crippen LogP contribution in [0.1, 0.15) is 10.6 Å². The van der Waals surface area contributed by atoms with Gasteiger partial charge in [0.2, 0.25) is 11.8 Å². The predicted molar refractivity (Wildman–Crippen MR) is 34.0 cm³/mol. The van der Waals surface area contributed by atoms with Gasteiger partial charge < -0.3 is 10.8 Å². The number of carboxylic acid groups (broad SMARTS) is 1. The number of aromatic carboxylic acids is 1. The number of nitrogen functional groups attached to an aromatic ring is 1. The van der Waals surface area contributed by atoms with E-state index in [-0.39, 0.29) is 5.95 Å². The largest absolute Gasteiger partial charge is 0.475 e. The highest BCUT2D eigenvalue weighted by Gasteiger charge is 2.06. The van der Waals surface area contributed by atoms with E-state index in [2.05, 4.69) is 9.97 Å². The van der Waals surface area contributed by atoms with Gasteiger partial charge >= 0.3 is 11.7 Å². The van der Waals surface area contributed by atoms with Crippen molar-refractivity contribution in [2.24, 2.45) is 0 Å². The zero-order valence-corrected chi connectivity index (χ0v) is 5.24. The van der Waals surface area contributed by atoms with Gasteiger partial charge in [0.05, 0.1) is 0 Å². The third-order valence-electron chi connectivity index (χ3n) is 0.870. The molecule has 0 spiro atoms. The van der Waals surface area contributed by atoms with Gasteiger partial charge in [-0.25, -0.2) is 9.59 Å². The van der Waals surface area contributed by atoms with E-state index in [1.54, 1.807) is 0 Å². The van der Waals surface area contributed by atoms with Crippen LogP contribution < -0.4 is 11.4 Å². The summed E-state index contributed by atoms with van der Waals surface area (Å²) in [5.74, 6) is -2.22. The van der Waals surface area contributed by atoms with E-state index < -0.39 is 17.5 Å². The van der Waals surface area contributed by atoms with Crippen LogP contribution in [0.4, 0.5) is 5.95 Å². The summed E-state index contributed by atoms with van der Waals surface area (Å²) in [4.78, 5) is 28.9. The van der Waals surface area contributed by atoms with E-state index in [1.165, 1.54) is 0 Å². The van der Waals surface area contributed by atoms with Crippen molar-refractivity contribution in [2.75, 3.05) is 5.73 Å². The van der Waals surface area contributed by atoms with Crippen molar-refractivity contribution in [2.45, 2.75) is 0 Å². The van der Waals surface area contributed by atoms with Crippen molar-refractivity contribution in [3.63, 3.8) is 0 Å².